The van der Waals surface area contributed by atoms with Crippen molar-refractivity contribution in [2.45, 2.75) is 39.7 Å². The summed E-state index contributed by atoms with van der Waals surface area (Å²) in [6, 6.07) is 6.29. The largest absolute Gasteiger partial charge is 0.487 e. The van der Waals surface area contributed by atoms with Crippen LogP contribution in [-0.2, 0) is 12.0 Å². The van der Waals surface area contributed by atoms with Crippen LogP contribution in [0.5, 0.6) is 5.75 Å². The molecule has 2 N–H and O–H groups in total. The monoisotopic (exact) mass is 276 g/mol. The average molecular weight is 276 g/mol. The van der Waals surface area contributed by atoms with Crippen LogP contribution in [0.3, 0.4) is 0 Å². The summed E-state index contributed by atoms with van der Waals surface area (Å²) in [6.45, 7) is 9.13. The molecule has 0 saturated carbocycles. The summed E-state index contributed by atoms with van der Waals surface area (Å²) in [5.74, 6) is 0.921. The van der Waals surface area contributed by atoms with Crippen LogP contribution < -0.4 is 10.5 Å². The number of anilines is 1. The van der Waals surface area contributed by atoms with Gasteiger partial charge in [-0.3, -0.25) is 0 Å². The lowest BCUT2D eigenvalue weighted by molar-refractivity contribution is 0.294. The summed E-state index contributed by atoms with van der Waals surface area (Å²) < 4.78 is 5.91. The molecule has 0 spiro atoms. The maximum absolute atomic E-state index is 5.91. The molecule has 3 nitrogen and oxygen atoms in total. The SMILES string of the molecule is Cc1ccc(OCc2csc(N)n2)c(C(C)(C)C)c1. The summed E-state index contributed by atoms with van der Waals surface area (Å²) in [7, 11) is 0. The van der Waals surface area contributed by atoms with Crippen LogP contribution in [0.2, 0.25) is 0 Å². The summed E-state index contributed by atoms with van der Waals surface area (Å²) in [5.41, 5.74) is 9.02. The number of nitrogens with two attached hydrogens (primary N) is 1. The topological polar surface area (TPSA) is 48.1 Å². The van der Waals surface area contributed by atoms with Crippen LogP contribution >= 0.6 is 11.3 Å². The molecule has 0 aliphatic rings. The van der Waals surface area contributed by atoms with Crippen molar-refractivity contribution >= 4 is 16.5 Å². The fourth-order valence-electron chi connectivity index (χ4n) is 1.90. The highest BCUT2D eigenvalue weighted by Crippen LogP contribution is 2.32. The fourth-order valence-corrected chi connectivity index (χ4v) is 2.44. The summed E-state index contributed by atoms with van der Waals surface area (Å²) >= 11 is 1.44. The molecule has 0 aliphatic heterocycles. The molecule has 0 saturated heterocycles. The molecule has 0 atom stereocenters. The van der Waals surface area contributed by atoms with Gasteiger partial charge in [0.25, 0.3) is 0 Å². The zero-order valence-electron chi connectivity index (χ0n) is 11.9. The van der Waals surface area contributed by atoms with Gasteiger partial charge >= 0.3 is 0 Å². The smallest absolute Gasteiger partial charge is 0.180 e. The third kappa shape index (κ3) is 3.47. The van der Waals surface area contributed by atoms with E-state index in [4.69, 9.17) is 10.5 Å². The van der Waals surface area contributed by atoms with E-state index >= 15 is 0 Å². The van der Waals surface area contributed by atoms with Crippen LogP contribution in [0.4, 0.5) is 5.13 Å². The van der Waals surface area contributed by atoms with Gasteiger partial charge in [-0.1, -0.05) is 38.5 Å². The number of thiazole rings is 1. The Bertz CT molecular complexity index is 570. The number of rotatable bonds is 3. The molecule has 0 amide bonds. The number of aromatic nitrogens is 1. The van der Waals surface area contributed by atoms with Gasteiger partial charge in [-0.15, -0.1) is 11.3 Å². The third-order valence-electron chi connectivity index (χ3n) is 2.89. The minimum atomic E-state index is 0.0580. The molecule has 1 aromatic heterocycles. The Morgan fingerprint density at radius 2 is 2.05 bits per heavy atom. The molecule has 0 bridgehead atoms. The Morgan fingerprint density at radius 1 is 1.32 bits per heavy atom. The number of nitrogen functional groups attached to an aromatic ring is 1. The van der Waals surface area contributed by atoms with E-state index in [-0.39, 0.29) is 5.41 Å². The molecular weight excluding hydrogens is 256 g/mol. The van der Waals surface area contributed by atoms with Gasteiger partial charge in [-0.05, 0) is 24.0 Å². The van der Waals surface area contributed by atoms with Gasteiger partial charge in [0.1, 0.15) is 12.4 Å². The summed E-state index contributed by atoms with van der Waals surface area (Å²) in [6.07, 6.45) is 0. The number of hydrogen-bond donors (Lipinski definition) is 1. The lowest BCUT2D eigenvalue weighted by atomic mass is 9.85. The first-order valence-electron chi connectivity index (χ1n) is 6.30. The average Bonchev–Trinajstić information content (AvgIpc) is 2.72. The predicted octanol–water partition coefficient (Wildman–Crippen LogP) is 3.91. The lowest BCUT2D eigenvalue weighted by Gasteiger charge is -2.23. The van der Waals surface area contributed by atoms with Crippen LogP contribution in [0, 0.1) is 6.92 Å². The maximum Gasteiger partial charge on any atom is 0.180 e. The molecule has 1 aromatic carbocycles. The highest BCUT2D eigenvalue weighted by Gasteiger charge is 2.19. The Kier molecular flexibility index (Phi) is 3.80. The van der Waals surface area contributed by atoms with Crippen LogP contribution in [0.1, 0.15) is 37.6 Å². The molecular formula is C15H20N2OS. The number of nitrogens with zero attached hydrogens (tertiary/aromatic N) is 1. The van der Waals surface area contributed by atoms with E-state index in [1.165, 1.54) is 22.5 Å². The van der Waals surface area contributed by atoms with Crippen molar-refractivity contribution < 1.29 is 4.74 Å². The van der Waals surface area contributed by atoms with Gasteiger partial charge in [-0.25, -0.2) is 4.98 Å². The van der Waals surface area contributed by atoms with E-state index in [0.29, 0.717) is 11.7 Å². The van der Waals surface area contributed by atoms with Crippen LogP contribution in [0.15, 0.2) is 23.6 Å². The van der Waals surface area contributed by atoms with Crippen molar-refractivity contribution in [1.82, 2.24) is 4.98 Å². The van der Waals surface area contributed by atoms with Gasteiger partial charge in [-0.2, -0.15) is 0 Å². The molecule has 0 fully saturated rings. The van der Waals surface area contributed by atoms with Crippen molar-refractivity contribution in [2.24, 2.45) is 0 Å². The lowest BCUT2D eigenvalue weighted by Crippen LogP contribution is -2.13. The Morgan fingerprint density at radius 3 is 2.63 bits per heavy atom. The standard InChI is InChI=1S/C15H20N2OS/c1-10-5-6-13(12(7-10)15(2,3)4)18-8-11-9-19-14(16)17-11/h5-7,9H,8H2,1-4H3,(H2,16,17). The Labute approximate surface area is 118 Å². The van der Waals surface area contributed by atoms with E-state index in [1.54, 1.807) is 0 Å². The van der Waals surface area contributed by atoms with Gasteiger partial charge in [0, 0.05) is 5.38 Å². The first-order valence-corrected chi connectivity index (χ1v) is 7.18. The molecule has 2 aromatic rings. The summed E-state index contributed by atoms with van der Waals surface area (Å²) in [5, 5.41) is 2.51. The van der Waals surface area contributed by atoms with E-state index in [2.05, 4.69) is 44.8 Å². The normalized spacial score (nSPS) is 11.6. The molecule has 19 heavy (non-hydrogen) atoms. The van der Waals surface area contributed by atoms with Gasteiger partial charge in [0.05, 0.1) is 5.69 Å². The maximum atomic E-state index is 5.91. The number of hydrogen-bond acceptors (Lipinski definition) is 4. The quantitative estimate of drug-likeness (QED) is 0.924. The Balaban J connectivity index is 2.20. The first-order chi connectivity index (χ1) is 8.86. The molecule has 0 aliphatic carbocycles. The summed E-state index contributed by atoms with van der Waals surface area (Å²) in [4.78, 5) is 4.21. The van der Waals surface area contributed by atoms with Crippen LogP contribution in [0.25, 0.3) is 0 Å². The highest BCUT2D eigenvalue weighted by molar-refractivity contribution is 7.13. The van der Waals surface area contributed by atoms with Crippen molar-refractivity contribution in [3.05, 3.63) is 40.4 Å². The second kappa shape index (κ2) is 5.21. The van der Waals surface area contributed by atoms with E-state index in [9.17, 15) is 0 Å². The number of benzene rings is 1. The highest BCUT2D eigenvalue weighted by atomic mass is 32.1. The second-order valence-corrected chi connectivity index (χ2v) is 6.61. The minimum absolute atomic E-state index is 0.0580. The number of ether oxygens (including phenoxy) is 1. The molecule has 0 radical (unpaired) electrons. The molecule has 102 valence electrons. The zero-order chi connectivity index (χ0) is 14.0. The minimum Gasteiger partial charge on any atom is -0.487 e. The van der Waals surface area contributed by atoms with Crippen molar-refractivity contribution in [1.29, 1.82) is 0 Å². The molecule has 0 unspecified atom stereocenters. The van der Waals surface area contributed by atoms with Crippen molar-refractivity contribution in [3.63, 3.8) is 0 Å². The van der Waals surface area contributed by atoms with E-state index in [1.807, 2.05) is 11.4 Å². The first kappa shape index (κ1) is 13.9. The van der Waals surface area contributed by atoms with Crippen molar-refractivity contribution in [2.75, 3.05) is 5.73 Å². The van der Waals surface area contributed by atoms with Gasteiger partial charge in [0.2, 0.25) is 0 Å². The Hall–Kier alpha value is -1.55. The fraction of sp³-hybridized carbons (Fsp3) is 0.400. The van der Waals surface area contributed by atoms with Gasteiger partial charge in [0.15, 0.2) is 5.13 Å². The number of aryl methyl sites for hydroxylation is 1. The third-order valence-corrected chi connectivity index (χ3v) is 3.61. The van der Waals surface area contributed by atoms with Crippen LogP contribution in [-0.4, -0.2) is 4.98 Å². The zero-order valence-corrected chi connectivity index (χ0v) is 12.7. The molecule has 2 rings (SSSR count). The predicted molar refractivity (Wildman–Crippen MR) is 80.7 cm³/mol. The second-order valence-electron chi connectivity index (χ2n) is 5.72. The van der Waals surface area contributed by atoms with E-state index < -0.39 is 0 Å². The molecule has 1 heterocycles. The molecule has 4 heteroatoms. The van der Waals surface area contributed by atoms with E-state index in [0.717, 1.165) is 11.4 Å². The van der Waals surface area contributed by atoms with Crippen molar-refractivity contribution in [3.8, 4) is 5.75 Å². The van der Waals surface area contributed by atoms with Gasteiger partial charge < -0.3 is 10.5 Å².